The second-order valence-electron chi connectivity index (χ2n) is 4.58. The molecule has 4 nitrogen and oxygen atoms in total. The quantitative estimate of drug-likeness (QED) is 0.821. The van der Waals surface area contributed by atoms with E-state index in [0.717, 1.165) is 11.7 Å². The van der Waals surface area contributed by atoms with Crippen LogP contribution in [0.3, 0.4) is 0 Å². The fraction of sp³-hybridized carbons (Fsp3) is 0.667. The number of aromatic nitrogens is 1. The van der Waals surface area contributed by atoms with Crippen LogP contribution in [0, 0.1) is 5.41 Å². The van der Waals surface area contributed by atoms with Crippen molar-refractivity contribution < 1.29 is 9.53 Å². The van der Waals surface area contributed by atoms with Gasteiger partial charge >= 0.3 is 5.97 Å². The summed E-state index contributed by atoms with van der Waals surface area (Å²) in [5, 5.41) is 4.15. The molecule has 0 aliphatic heterocycles. The van der Waals surface area contributed by atoms with Crippen LogP contribution < -0.4 is 5.32 Å². The van der Waals surface area contributed by atoms with Gasteiger partial charge in [0.1, 0.15) is 4.88 Å². The molecule has 1 aliphatic carbocycles. The second-order valence-corrected chi connectivity index (χ2v) is 5.61. The Hall–Kier alpha value is -1.10. The third-order valence-electron chi connectivity index (χ3n) is 3.67. The van der Waals surface area contributed by atoms with Crippen molar-refractivity contribution in [3.05, 3.63) is 11.1 Å². The molecule has 0 spiro atoms. The van der Waals surface area contributed by atoms with E-state index in [-0.39, 0.29) is 5.97 Å². The van der Waals surface area contributed by atoms with Gasteiger partial charge in [-0.3, -0.25) is 0 Å². The molecule has 0 bridgehead atoms. The third kappa shape index (κ3) is 2.60. The predicted octanol–water partition coefficient (Wildman–Crippen LogP) is 2.92. The summed E-state index contributed by atoms with van der Waals surface area (Å²) in [7, 11) is 1.38. The summed E-state index contributed by atoms with van der Waals surface area (Å²) in [6.07, 6.45) is 6.70. The SMILES string of the molecule is CCC1(CNc2ncc(C(=O)OC)s2)CCC1. The van der Waals surface area contributed by atoms with Crippen LogP contribution in [0.2, 0.25) is 0 Å². The van der Waals surface area contributed by atoms with Crippen molar-refractivity contribution in [1.82, 2.24) is 4.98 Å². The van der Waals surface area contributed by atoms with Crippen LogP contribution >= 0.6 is 11.3 Å². The summed E-state index contributed by atoms with van der Waals surface area (Å²) in [4.78, 5) is 16.0. The Bertz CT molecular complexity index is 393. The van der Waals surface area contributed by atoms with Gasteiger partial charge in [-0.2, -0.15) is 0 Å². The molecule has 1 aliphatic rings. The molecule has 5 heteroatoms. The van der Waals surface area contributed by atoms with Crippen LogP contribution in [-0.4, -0.2) is 24.6 Å². The van der Waals surface area contributed by atoms with E-state index in [4.69, 9.17) is 0 Å². The van der Waals surface area contributed by atoms with Gasteiger partial charge in [-0.1, -0.05) is 24.7 Å². The van der Waals surface area contributed by atoms with Crippen molar-refractivity contribution in [3.63, 3.8) is 0 Å². The number of carbonyl (C=O) groups is 1. The highest BCUT2D eigenvalue weighted by molar-refractivity contribution is 7.17. The van der Waals surface area contributed by atoms with Crippen molar-refractivity contribution in [2.45, 2.75) is 32.6 Å². The maximum absolute atomic E-state index is 11.3. The Morgan fingerprint density at radius 2 is 2.41 bits per heavy atom. The summed E-state index contributed by atoms with van der Waals surface area (Å²) >= 11 is 1.35. The number of nitrogens with one attached hydrogen (secondary N) is 1. The van der Waals surface area contributed by atoms with Crippen LogP contribution in [-0.2, 0) is 4.74 Å². The molecule has 2 rings (SSSR count). The molecule has 1 fully saturated rings. The Kier molecular flexibility index (Phi) is 3.66. The number of esters is 1. The highest BCUT2D eigenvalue weighted by Gasteiger charge is 2.34. The molecule has 1 heterocycles. The molecule has 0 unspecified atom stereocenters. The first kappa shape index (κ1) is 12.4. The average Bonchev–Trinajstić information content (AvgIpc) is 2.76. The Labute approximate surface area is 105 Å². The number of carbonyl (C=O) groups excluding carboxylic acids is 1. The van der Waals surface area contributed by atoms with Gasteiger partial charge in [0, 0.05) is 6.54 Å². The molecule has 1 aromatic heterocycles. The van der Waals surface area contributed by atoms with Crippen LogP contribution in [0.15, 0.2) is 6.20 Å². The summed E-state index contributed by atoms with van der Waals surface area (Å²) in [6, 6.07) is 0. The molecule has 1 aromatic rings. The Morgan fingerprint density at radius 1 is 1.65 bits per heavy atom. The molecule has 0 aromatic carbocycles. The fourth-order valence-corrected chi connectivity index (χ4v) is 2.88. The molecule has 17 heavy (non-hydrogen) atoms. The van der Waals surface area contributed by atoms with Gasteiger partial charge in [0.2, 0.25) is 0 Å². The van der Waals surface area contributed by atoms with Crippen LogP contribution in [0.4, 0.5) is 5.13 Å². The van der Waals surface area contributed by atoms with E-state index in [1.165, 1.54) is 44.1 Å². The van der Waals surface area contributed by atoms with Crippen LogP contribution in [0.5, 0.6) is 0 Å². The lowest BCUT2D eigenvalue weighted by Gasteiger charge is -2.41. The molecular weight excluding hydrogens is 236 g/mol. The van der Waals surface area contributed by atoms with Gasteiger partial charge in [-0.05, 0) is 24.7 Å². The van der Waals surface area contributed by atoms with Gasteiger partial charge < -0.3 is 10.1 Å². The van der Waals surface area contributed by atoms with E-state index in [1.807, 2.05) is 0 Å². The smallest absolute Gasteiger partial charge is 0.349 e. The summed E-state index contributed by atoms with van der Waals surface area (Å²) < 4.78 is 4.65. The number of hydrogen-bond donors (Lipinski definition) is 1. The predicted molar refractivity (Wildman–Crippen MR) is 68.5 cm³/mol. The summed E-state index contributed by atoms with van der Waals surface area (Å²) in [6.45, 7) is 3.19. The molecule has 94 valence electrons. The van der Waals surface area contributed by atoms with Gasteiger partial charge in [-0.25, -0.2) is 9.78 Å². The lowest BCUT2D eigenvalue weighted by atomic mass is 9.67. The zero-order chi connectivity index (χ0) is 12.3. The Balaban J connectivity index is 1.91. The number of nitrogens with zero attached hydrogens (tertiary/aromatic N) is 1. The minimum absolute atomic E-state index is 0.315. The monoisotopic (exact) mass is 254 g/mol. The van der Waals surface area contributed by atoms with Gasteiger partial charge in [-0.15, -0.1) is 0 Å². The van der Waals surface area contributed by atoms with E-state index in [0.29, 0.717) is 10.3 Å². The maximum atomic E-state index is 11.3. The molecule has 0 amide bonds. The van der Waals surface area contributed by atoms with Crippen molar-refractivity contribution in [2.75, 3.05) is 19.0 Å². The first-order chi connectivity index (χ1) is 8.19. The first-order valence-corrected chi connectivity index (χ1v) is 6.79. The second kappa shape index (κ2) is 5.04. The molecule has 1 saturated carbocycles. The van der Waals surface area contributed by atoms with Crippen molar-refractivity contribution in [3.8, 4) is 0 Å². The number of methoxy groups -OCH3 is 1. The summed E-state index contributed by atoms with van der Waals surface area (Å²) in [5.41, 5.74) is 0.455. The number of hydrogen-bond acceptors (Lipinski definition) is 5. The van der Waals surface area contributed by atoms with E-state index < -0.39 is 0 Å². The zero-order valence-corrected chi connectivity index (χ0v) is 11.1. The molecule has 0 saturated heterocycles. The third-order valence-corrected chi connectivity index (χ3v) is 4.61. The minimum Gasteiger partial charge on any atom is -0.465 e. The topological polar surface area (TPSA) is 51.2 Å². The van der Waals surface area contributed by atoms with Gasteiger partial charge in [0.15, 0.2) is 5.13 Å². The standard InChI is InChI=1S/C12H18N2O2S/c1-3-12(5-4-6-12)8-14-11-13-7-9(17-11)10(15)16-2/h7H,3-6,8H2,1-2H3,(H,13,14). The Morgan fingerprint density at radius 3 is 2.94 bits per heavy atom. The van der Waals surface area contributed by atoms with E-state index >= 15 is 0 Å². The fourth-order valence-electron chi connectivity index (χ4n) is 2.15. The van der Waals surface area contributed by atoms with E-state index in [9.17, 15) is 4.79 Å². The van der Waals surface area contributed by atoms with Crippen LogP contribution in [0.1, 0.15) is 42.3 Å². The molecule has 0 atom stereocenters. The van der Waals surface area contributed by atoms with Crippen molar-refractivity contribution >= 4 is 22.4 Å². The highest BCUT2D eigenvalue weighted by atomic mass is 32.1. The van der Waals surface area contributed by atoms with Crippen molar-refractivity contribution in [2.24, 2.45) is 5.41 Å². The average molecular weight is 254 g/mol. The number of rotatable bonds is 5. The van der Waals surface area contributed by atoms with Gasteiger partial charge in [0.25, 0.3) is 0 Å². The van der Waals surface area contributed by atoms with E-state index in [2.05, 4.69) is 22.0 Å². The van der Waals surface area contributed by atoms with Crippen molar-refractivity contribution in [1.29, 1.82) is 0 Å². The minimum atomic E-state index is -0.315. The summed E-state index contributed by atoms with van der Waals surface area (Å²) in [5.74, 6) is -0.315. The zero-order valence-electron chi connectivity index (χ0n) is 10.3. The molecular formula is C12H18N2O2S. The first-order valence-electron chi connectivity index (χ1n) is 5.97. The number of anilines is 1. The molecule has 0 radical (unpaired) electrons. The lowest BCUT2D eigenvalue weighted by Crippen LogP contribution is -2.35. The van der Waals surface area contributed by atoms with Gasteiger partial charge in [0.05, 0.1) is 13.3 Å². The highest BCUT2D eigenvalue weighted by Crippen LogP contribution is 2.43. The molecule has 1 N–H and O–H groups in total. The van der Waals surface area contributed by atoms with Crippen LogP contribution in [0.25, 0.3) is 0 Å². The number of ether oxygens (including phenoxy) is 1. The normalized spacial score (nSPS) is 17.3. The maximum Gasteiger partial charge on any atom is 0.349 e. The lowest BCUT2D eigenvalue weighted by molar-refractivity contribution is 0.0606. The largest absolute Gasteiger partial charge is 0.465 e. The van der Waals surface area contributed by atoms with E-state index in [1.54, 1.807) is 6.20 Å². The number of thiazole rings is 1.